The van der Waals surface area contributed by atoms with Crippen molar-refractivity contribution in [3.63, 3.8) is 0 Å². The first-order chi connectivity index (χ1) is 10.4. The van der Waals surface area contributed by atoms with E-state index in [2.05, 4.69) is 54.7 Å². The van der Waals surface area contributed by atoms with Crippen LogP contribution in [0.4, 0.5) is 0 Å². The highest BCUT2D eigenvalue weighted by molar-refractivity contribution is 7.99. The van der Waals surface area contributed by atoms with Gasteiger partial charge in [-0.05, 0) is 41.5 Å². The van der Waals surface area contributed by atoms with E-state index in [1.54, 1.807) is 0 Å². The van der Waals surface area contributed by atoms with Crippen LogP contribution in [-0.4, -0.2) is 29.8 Å². The number of aliphatic hydroxyl groups excluding tert-OH is 1. The Morgan fingerprint density at radius 3 is 2.76 bits per heavy atom. The fourth-order valence-corrected chi connectivity index (χ4v) is 3.53. The molecular weight excluding hydrogens is 278 g/mol. The minimum Gasteiger partial charge on any atom is -0.396 e. The Labute approximate surface area is 131 Å². The number of nitrogens with one attached hydrogen (secondary N) is 1. The molecule has 2 aromatic rings. The monoisotopic (exact) mass is 303 g/mol. The van der Waals surface area contributed by atoms with E-state index in [-0.39, 0.29) is 6.61 Å². The van der Waals surface area contributed by atoms with Crippen LogP contribution in [0.2, 0.25) is 0 Å². The lowest BCUT2D eigenvalue weighted by Gasteiger charge is -2.20. The van der Waals surface area contributed by atoms with Crippen LogP contribution in [0.15, 0.2) is 42.5 Å². The van der Waals surface area contributed by atoms with E-state index in [0.717, 1.165) is 30.9 Å². The largest absolute Gasteiger partial charge is 0.396 e. The molecule has 114 valence electrons. The summed E-state index contributed by atoms with van der Waals surface area (Å²) in [6.07, 6.45) is 2.02. The van der Waals surface area contributed by atoms with Crippen molar-refractivity contribution in [3.05, 3.63) is 48.0 Å². The molecule has 0 aliphatic carbocycles. The number of aliphatic hydroxyl groups is 1. The Morgan fingerprint density at radius 2 is 1.95 bits per heavy atom. The number of hydrogen-bond acceptors (Lipinski definition) is 3. The topological polar surface area (TPSA) is 32.3 Å². The molecule has 0 aromatic heterocycles. The molecular formula is C18H25NOS. The van der Waals surface area contributed by atoms with Gasteiger partial charge in [-0.15, -0.1) is 0 Å². The van der Waals surface area contributed by atoms with Crippen LogP contribution in [0.5, 0.6) is 0 Å². The zero-order chi connectivity index (χ0) is 14.9. The van der Waals surface area contributed by atoms with Gasteiger partial charge >= 0.3 is 0 Å². The Hall–Kier alpha value is -1.03. The predicted molar refractivity (Wildman–Crippen MR) is 94.0 cm³/mol. The average Bonchev–Trinajstić information content (AvgIpc) is 2.54. The van der Waals surface area contributed by atoms with E-state index in [1.807, 2.05) is 11.8 Å². The minimum atomic E-state index is 0.286. The molecule has 1 atom stereocenters. The summed E-state index contributed by atoms with van der Waals surface area (Å²) >= 11 is 1.92. The van der Waals surface area contributed by atoms with Crippen molar-refractivity contribution in [1.82, 2.24) is 5.32 Å². The third kappa shape index (κ3) is 4.73. The molecule has 0 saturated heterocycles. The SMILES string of the molecule is CCCNC(CSCCCO)c1cccc2ccccc12. The van der Waals surface area contributed by atoms with Gasteiger partial charge in [-0.2, -0.15) is 11.8 Å². The lowest BCUT2D eigenvalue weighted by molar-refractivity contribution is 0.296. The van der Waals surface area contributed by atoms with E-state index in [1.165, 1.54) is 16.3 Å². The highest BCUT2D eigenvalue weighted by atomic mass is 32.2. The van der Waals surface area contributed by atoms with E-state index >= 15 is 0 Å². The molecule has 0 saturated carbocycles. The summed E-state index contributed by atoms with van der Waals surface area (Å²) in [6, 6.07) is 15.5. The molecule has 0 aliphatic heterocycles. The predicted octanol–water partition coefficient (Wildman–Crippen LogP) is 4.00. The van der Waals surface area contributed by atoms with Crippen LogP contribution in [0, 0.1) is 0 Å². The van der Waals surface area contributed by atoms with Gasteiger partial charge in [0.05, 0.1) is 0 Å². The summed E-state index contributed by atoms with van der Waals surface area (Å²) in [5.41, 5.74) is 1.39. The highest BCUT2D eigenvalue weighted by Gasteiger charge is 2.13. The van der Waals surface area contributed by atoms with Gasteiger partial charge in [0.2, 0.25) is 0 Å². The van der Waals surface area contributed by atoms with E-state index in [9.17, 15) is 0 Å². The second-order valence-corrected chi connectivity index (χ2v) is 6.38. The zero-order valence-corrected chi connectivity index (χ0v) is 13.5. The summed E-state index contributed by atoms with van der Waals surface area (Å²) in [4.78, 5) is 0. The molecule has 0 heterocycles. The molecule has 1 unspecified atom stereocenters. The van der Waals surface area contributed by atoms with Crippen molar-refractivity contribution in [2.45, 2.75) is 25.8 Å². The first-order valence-electron chi connectivity index (χ1n) is 7.76. The molecule has 0 spiro atoms. The zero-order valence-electron chi connectivity index (χ0n) is 12.7. The normalized spacial score (nSPS) is 12.7. The van der Waals surface area contributed by atoms with Gasteiger partial charge in [0.1, 0.15) is 0 Å². The quantitative estimate of drug-likeness (QED) is 0.687. The Kier molecular flexibility index (Phi) is 7.07. The molecule has 0 fully saturated rings. The molecule has 2 nitrogen and oxygen atoms in total. The van der Waals surface area contributed by atoms with Crippen molar-refractivity contribution in [3.8, 4) is 0 Å². The summed E-state index contributed by atoms with van der Waals surface area (Å²) in [5.74, 6) is 2.07. The van der Waals surface area contributed by atoms with Crippen LogP contribution >= 0.6 is 11.8 Å². The smallest absolute Gasteiger partial charge is 0.0438 e. The molecule has 2 rings (SSSR count). The van der Waals surface area contributed by atoms with Gasteiger partial charge < -0.3 is 10.4 Å². The van der Waals surface area contributed by atoms with Crippen molar-refractivity contribution >= 4 is 22.5 Å². The first-order valence-corrected chi connectivity index (χ1v) is 8.92. The Morgan fingerprint density at radius 1 is 1.14 bits per heavy atom. The van der Waals surface area contributed by atoms with Crippen LogP contribution in [0.3, 0.4) is 0 Å². The second-order valence-electron chi connectivity index (χ2n) is 5.23. The molecule has 0 aliphatic rings. The molecule has 0 radical (unpaired) electrons. The van der Waals surface area contributed by atoms with Gasteiger partial charge in [0.25, 0.3) is 0 Å². The number of thioether (sulfide) groups is 1. The molecule has 2 N–H and O–H groups in total. The van der Waals surface area contributed by atoms with Gasteiger partial charge in [-0.25, -0.2) is 0 Å². The van der Waals surface area contributed by atoms with Crippen LogP contribution in [-0.2, 0) is 0 Å². The lowest BCUT2D eigenvalue weighted by atomic mass is 9.99. The van der Waals surface area contributed by atoms with E-state index < -0.39 is 0 Å². The fourth-order valence-electron chi connectivity index (χ4n) is 2.50. The summed E-state index contributed by atoms with van der Waals surface area (Å²) < 4.78 is 0. The Balaban J connectivity index is 2.17. The number of benzene rings is 2. The average molecular weight is 303 g/mol. The summed E-state index contributed by atoms with van der Waals surface area (Å²) in [5, 5.41) is 15.2. The molecule has 2 aromatic carbocycles. The van der Waals surface area contributed by atoms with Crippen LogP contribution in [0.1, 0.15) is 31.4 Å². The van der Waals surface area contributed by atoms with Crippen molar-refractivity contribution in [1.29, 1.82) is 0 Å². The first kappa shape index (κ1) is 16.3. The number of hydrogen-bond donors (Lipinski definition) is 2. The van der Waals surface area contributed by atoms with Crippen molar-refractivity contribution < 1.29 is 5.11 Å². The van der Waals surface area contributed by atoms with Crippen molar-refractivity contribution in [2.24, 2.45) is 0 Å². The third-order valence-electron chi connectivity index (χ3n) is 3.57. The standard InChI is InChI=1S/C18H25NOS/c1-2-11-19-18(14-21-13-6-12-20)17-10-5-8-15-7-3-4-9-16(15)17/h3-5,7-10,18-20H,2,6,11-14H2,1H3. The number of rotatable bonds is 9. The highest BCUT2D eigenvalue weighted by Crippen LogP contribution is 2.27. The van der Waals surface area contributed by atoms with E-state index in [0.29, 0.717) is 6.04 Å². The van der Waals surface area contributed by atoms with Gasteiger partial charge in [0.15, 0.2) is 0 Å². The van der Waals surface area contributed by atoms with Gasteiger partial charge in [0, 0.05) is 18.4 Å². The van der Waals surface area contributed by atoms with Gasteiger partial charge in [-0.3, -0.25) is 0 Å². The maximum Gasteiger partial charge on any atom is 0.0438 e. The summed E-state index contributed by atoms with van der Waals surface area (Å²) in [7, 11) is 0. The molecule has 21 heavy (non-hydrogen) atoms. The van der Waals surface area contributed by atoms with E-state index in [4.69, 9.17) is 5.11 Å². The van der Waals surface area contributed by atoms with Gasteiger partial charge in [-0.1, -0.05) is 49.4 Å². The van der Waals surface area contributed by atoms with Crippen molar-refractivity contribution in [2.75, 3.05) is 24.7 Å². The summed E-state index contributed by atoms with van der Waals surface area (Å²) in [6.45, 7) is 3.52. The van der Waals surface area contributed by atoms with Crippen LogP contribution in [0.25, 0.3) is 10.8 Å². The lowest BCUT2D eigenvalue weighted by Crippen LogP contribution is -2.24. The number of fused-ring (bicyclic) bond motifs is 1. The Bertz CT molecular complexity index is 538. The van der Waals surface area contributed by atoms with Crippen LogP contribution < -0.4 is 5.32 Å². The molecule has 3 heteroatoms. The molecule has 0 bridgehead atoms. The third-order valence-corrected chi connectivity index (χ3v) is 4.72. The second kappa shape index (κ2) is 9.08. The minimum absolute atomic E-state index is 0.286. The fraction of sp³-hybridized carbons (Fsp3) is 0.444. The molecule has 0 amide bonds. The maximum atomic E-state index is 8.90. The maximum absolute atomic E-state index is 8.90.